The van der Waals surface area contributed by atoms with Gasteiger partial charge in [-0.25, -0.2) is 0 Å². The van der Waals surface area contributed by atoms with Crippen LogP contribution in [0.1, 0.15) is 12.0 Å². The van der Waals surface area contributed by atoms with E-state index in [0.29, 0.717) is 0 Å². The van der Waals surface area contributed by atoms with Crippen LogP contribution in [0.15, 0.2) is 30.3 Å². The SMILES string of the molecule is NC1CC(N)CN(Cc2ccccc2)C1. The Bertz CT molecular complexity index is 289. The van der Waals surface area contributed by atoms with Gasteiger partial charge in [0.25, 0.3) is 0 Å². The van der Waals surface area contributed by atoms with Crippen molar-refractivity contribution in [2.45, 2.75) is 25.0 Å². The van der Waals surface area contributed by atoms with E-state index < -0.39 is 0 Å². The van der Waals surface area contributed by atoms with E-state index >= 15 is 0 Å². The summed E-state index contributed by atoms with van der Waals surface area (Å²) in [6, 6.07) is 10.9. The Morgan fingerprint density at radius 1 is 1.07 bits per heavy atom. The Hall–Kier alpha value is -0.900. The van der Waals surface area contributed by atoms with Crippen LogP contribution in [-0.4, -0.2) is 30.1 Å². The molecule has 3 heteroatoms. The number of nitrogens with two attached hydrogens (primary N) is 2. The summed E-state index contributed by atoms with van der Waals surface area (Å²) in [4.78, 5) is 2.34. The van der Waals surface area contributed by atoms with Crippen LogP contribution in [0.25, 0.3) is 0 Å². The third-order valence-corrected chi connectivity index (χ3v) is 2.84. The Morgan fingerprint density at radius 2 is 1.67 bits per heavy atom. The minimum absolute atomic E-state index is 0.234. The van der Waals surface area contributed by atoms with Crippen LogP contribution in [-0.2, 0) is 6.54 Å². The smallest absolute Gasteiger partial charge is 0.0235 e. The van der Waals surface area contributed by atoms with Gasteiger partial charge in [0.2, 0.25) is 0 Å². The van der Waals surface area contributed by atoms with E-state index in [0.717, 1.165) is 26.1 Å². The van der Waals surface area contributed by atoms with E-state index in [4.69, 9.17) is 11.5 Å². The predicted octanol–water partition coefficient (Wildman–Crippen LogP) is 0.547. The van der Waals surface area contributed by atoms with Gasteiger partial charge in [0.15, 0.2) is 0 Å². The van der Waals surface area contributed by atoms with Gasteiger partial charge in [-0.1, -0.05) is 30.3 Å². The lowest BCUT2D eigenvalue weighted by Crippen LogP contribution is -2.51. The number of hydrogen-bond acceptors (Lipinski definition) is 3. The second-order valence-corrected chi connectivity index (χ2v) is 4.44. The average molecular weight is 205 g/mol. The van der Waals surface area contributed by atoms with Gasteiger partial charge in [0.1, 0.15) is 0 Å². The van der Waals surface area contributed by atoms with Gasteiger partial charge in [-0.2, -0.15) is 0 Å². The maximum Gasteiger partial charge on any atom is 0.0235 e. The van der Waals surface area contributed by atoms with E-state index in [1.54, 1.807) is 0 Å². The fourth-order valence-electron chi connectivity index (χ4n) is 2.25. The molecule has 1 heterocycles. The summed E-state index contributed by atoms with van der Waals surface area (Å²) in [7, 11) is 0. The highest BCUT2D eigenvalue weighted by atomic mass is 15.2. The molecule has 0 aliphatic carbocycles. The number of piperidine rings is 1. The zero-order chi connectivity index (χ0) is 10.7. The molecule has 1 aliphatic rings. The van der Waals surface area contributed by atoms with Crippen molar-refractivity contribution in [3.8, 4) is 0 Å². The van der Waals surface area contributed by atoms with Gasteiger partial charge in [0, 0.05) is 31.7 Å². The summed E-state index contributed by atoms with van der Waals surface area (Å²) < 4.78 is 0. The third kappa shape index (κ3) is 3.02. The van der Waals surface area contributed by atoms with E-state index in [9.17, 15) is 0 Å². The van der Waals surface area contributed by atoms with E-state index in [1.807, 2.05) is 6.07 Å². The van der Waals surface area contributed by atoms with E-state index in [-0.39, 0.29) is 12.1 Å². The molecule has 2 atom stereocenters. The fraction of sp³-hybridized carbons (Fsp3) is 0.500. The van der Waals surface area contributed by atoms with Crippen molar-refractivity contribution in [2.24, 2.45) is 11.5 Å². The summed E-state index contributed by atoms with van der Waals surface area (Å²) in [6.45, 7) is 2.88. The van der Waals surface area contributed by atoms with Crippen LogP contribution < -0.4 is 11.5 Å². The topological polar surface area (TPSA) is 55.3 Å². The standard InChI is InChI=1S/C12H19N3/c13-11-6-12(14)9-15(8-11)7-10-4-2-1-3-5-10/h1-5,11-12H,6-9,13-14H2. The van der Waals surface area contributed by atoms with Crippen molar-refractivity contribution < 1.29 is 0 Å². The van der Waals surface area contributed by atoms with Gasteiger partial charge in [0.05, 0.1) is 0 Å². The lowest BCUT2D eigenvalue weighted by molar-refractivity contribution is 0.183. The van der Waals surface area contributed by atoms with Crippen LogP contribution >= 0.6 is 0 Å². The summed E-state index contributed by atoms with van der Waals surface area (Å²) in [6.07, 6.45) is 0.950. The third-order valence-electron chi connectivity index (χ3n) is 2.84. The quantitative estimate of drug-likeness (QED) is 0.741. The van der Waals surface area contributed by atoms with E-state index in [1.165, 1.54) is 5.56 Å². The van der Waals surface area contributed by atoms with Gasteiger partial charge in [-0.15, -0.1) is 0 Å². The second-order valence-electron chi connectivity index (χ2n) is 4.44. The van der Waals surface area contributed by atoms with Crippen molar-refractivity contribution in [3.05, 3.63) is 35.9 Å². The monoisotopic (exact) mass is 205 g/mol. The normalized spacial score (nSPS) is 27.9. The molecule has 0 spiro atoms. The molecule has 1 saturated heterocycles. The molecule has 1 fully saturated rings. The first-order valence-electron chi connectivity index (χ1n) is 5.51. The minimum atomic E-state index is 0.234. The first-order chi connectivity index (χ1) is 7.24. The second kappa shape index (κ2) is 4.75. The molecule has 0 radical (unpaired) electrons. The molecule has 1 aromatic carbocycles. The van der Waals surface area contributed by atoms with Crippen molar-refractivity contribution in [1.29, 1.82) is 0 Å². The highest BCUT2D eigenvalue weighted by Gasteiger charge is 2.22. The summed E-state index contributed by atoms with van der Waals surface area (Å²) >= 11 is 0. The Morgan fingerprint density at radius 3 is 2.27 bits per heavy atom. The molecule has 2 rings (SSSR count). The van der Waals surface area contributed by atoms with Crippen molar-refractivity contribution in [2.75, 3.05) is 13.1 Å². The number of rotatable bonds is 2. The molecule has 1 aromatic rings. The maximum atomic E-state index is 5.95. The lowest BCUT2D eigenvalue weighted by atomic mass is 10.0. The molecule has 1 aliphatic heterocycles. The number of likely N-dealkylation sites (tertiary alicyclic amines) is 1. The molecule has 3 nitrogen and oxygen atoms in total. The highest BCUT2D eigenvalue weighted by Crippen LogP contribution is 2.11. The van der Waals surface area contributed by atoms with Crippen LogP contribution in [0, 0.1) is 0 Å². The summed E-state index contributed by atoms with van der Waals surface area (Å²) in [5, 5.41) is 0. The van der Waals surface area contributed by atoms with Gasteiger partial charge in [-0.05, 0) is 12.0 Å². The largest absolute Gasteiger partial charge is 0.326 e. The molecule has 0 amide bonds. The molecule has 15 heavy (non-hydrogen) atoms. The predicted molar refractivity (Wildman–Crippen MR) is 62.3 cm³/mol. The Balaban J connectivity index is 1.94. The zero-order valence-corrected chi connectivity index (χ0v) is 8.97. The van der Waals surface area contributed by atoms with Crippen LogP contribution in [0.3, 0.4) is 0 Å². The highest BCUT2D eigenvalue weighted by molar-refractivity contribution is 5.14. The zero-order valence-electron chi connectivity index (χ0n) is 8.97. The first kappa shape index (κ1) is 10.6. The summed E-state index contributed by atoms with van der Waals surface area (Å²) in [5.41, 5.74) is 13.2. The van der Waals surface area contributed by atoms with Gasteiger partial charge in [-0.3, -0.25) is 4.90 Å². The van der Waals surface area contributed by atoms with Gasteiger partial charge >= 0.3 is 0 Å². The molecular formula is C12H19N3. The fourth-order valence-corrected chi connectivity index (χ4v) is 2.25. The molecule has 0 saturated carbocycles. The number of nitrogens with zero attached hydrogens (tertiary/aromatic N) is 1. The lowest BCUT2D eigenvalue weighted by Gasteiger charge is -2.34. The van der Waals surface area contributed by atoms with Crippen molar-refractivity contribution in [1.82, 2.24) is 4.90 Å². The molecule has 0 bridgehead atoms. The Kier molecular flexibility index (Phi) is 3.36. The van der Waals surface area contributed by atoms with Crippen LogP contribution in [0.2, 0.25) is 0 Å². The molecule has 82 valence electrons. The molecule has 0 aromatic heterocycles. The van der Waals surface area contributed by atoms with Crippen LogP contribution in [0.5, 0.6) is 0 Å². The van der Waals surface area contributed by atoms with E-state index in [2.05, 4.69) is 29.2 Å². The minimum Gasteiger partial charge on any atom is -0.326 e. The molecular weight excluding hydrogens is 186 g/mol. The summed E-state index contributed by atoms with van der Waals surface area (Å²) in [5.74, 6) is 0. The number of benzene rings is 1. The van der Waals surface area contributed by atoms with Crippen molar-refractivity contribution in [3.63, 3.8) is 0 Å². The first-order valence-corrected chi connectivity index (χ1v) is 5.51. The van der Waals surface area contributed by atoms with Crippen LogP contribution in [0.4, 0.5) is 0 Å². The maximum absolute atomic E-state index is 5.95. The number of hydrogen-bond donors (Lipinski definition) is 2. The Labute approximate surface area is 91.1 Å². The average Bonchev–Trinajstić information content (AvgIpc) is 2.17. The van der Waals surface area contributed by atoms with Gasteiger partial charge < -0.3 is 11.5 Å². The molecule has 4 N–H and O–H groups in total. The van der Waals surface area contributed by atoms with Crippen molar-refractivity contribution >= 4 is 0 Å². The molecule has 2 unspecified atom stereocenters.